The summed E-state index contributed by atoms with van der Waals surface area (Å²) in [6.45, 7) is 2.05. The minimum Gasteiger partial charge on any atom is -0.461 e. The lowest BCUT2D eigenvalue weighted by atomic mass is 10.2. The second kappa shape index (κ2) is 4.45. The highest BCUT2D eigenvalue weighted by Crippen LogP contribution is 2.17. The first-order valence-electron chi connectivity index (χ1n) is 4.81. The van der Waals surface area contributed by atoms with Gasteiger partial charge in [-0.05, 0) is 31.2 Å². The molecule has 1 heterocycles. The lowest BCUT2D eigenvalue weighted by Crippen LogP contribution is -2.07. The molecule has 16 heavy (non-hydrogen) atoms. The molecule has 2 aromatic rings. The Labute approximate surface area is 97.2 Å². The van der Waals surface area contributed by atoms with Crippen LogP contribution in [0, 0.1) is 0 Å². The Morgan fingerprint density at radius 3 is 2.94 bits per heavy atom. The Balaban J connectivity index is 2.46. The molecule has 0 saturated heterocycles. The van der Waals surface area contributed by atoms with Crippen LogP contribution in [0.3, 0.4) is 0 Å². The van der Waals surface area contributed by atoms with E-state index in [2.05, 4.69) is 10.2 Å². The van der Waals surface area contributed by atoms with E-state index in [4.69, 9.17) is 16.3 Å². The number of fused-ring (bicyclic) bond motifs is 1. The van der Waals surface area contributed by atoms with E-state index in [1.165, 1.54) is 0 Å². The van der Waals surface area contributed by atoms with Crippen molar-refractivity contribution in [2.45, 2.75) is 6.92 Å². The molecule has 5 heteroatoms. The van der Waals surface area contributed by atoms with Crippen LogP contribution >= 0.6 is 11.6 Å². The molecule has 0 bridgehead atoms. The number of carbonyl (C=O) groups excluding carboxylic acids is 1. The average molecular weight is 237 g/mol. The standard InChI is InChI=1S/C11H9ClN2O2/c1-2-16-11(15)10-6-7-5-8(12)3-4-9(7)13-14-10/h3-6H,2H2,1H3. The molecule has 1 aromatic heterocycles. The zero-order valence-corrected chi connectivity index (χ0v) is 9.36. The van der Waals surface area contributed by atoms with Crippen molar-refractivity contribution in [2.75, 3.05) is 6.61 Å². The van der Waals surface area contributed by atoms with E-state index in [-0.39, 0.29) is 5.69 Å². The molecule has 0 saturated carbocycles. The van der Waals surface area contributed by atoms with Gasteiger partial charge in [0.25, 0.3) is 0 Å². The van der Waals surface area contributed by atoms with Crippen LogP contribution in [0.25, 0.3) is 10.9 Å². The summed E-state index contributed by atoms with van der Waals surface area (Å²) in [6, 6.07) is 6.82. The first-order chi connectivity index (χ1) is 7.70. The van der Waals surface area contributed by atoms with E-state index in [1.807, 2.05) is 0 Å². The minimum atomic E-state index is -0.475. The molecule has 0 unspecified atom stereocenters. The van der Waals surface area contributed by atoms with Crippen LogP contribution in [0.4, 0.5) is 0 Å². The normalized spacial score (nSPS) is 10.4. The van der Waals surface area contributed by atoms with Gasteiger partial charge in [-0.25, -0.2) is 4.79 Å². The van der Waals surface area contributed by atoms with Gasteiger partial charge in [0.15, 0.2) is 5.69 Å². The van der Waals surface area contributed by atoms with Gasteiger partial charge in [-0.15, -0.1) is 10.2 Å². The Hall–Kier alpha value is -1.68. The molecule has 0 aliphatic rings. The van der Waals surface area contributed by atoms with E-state index in [9.17, 15) is 4.79 Å². The van der Waals surface area contributed by atoms with Crippen molar-refractivity contribution in [1.29, 1.82) is 0 Å². The van der Waals surface area contributed by atoms with Crippen LogP contribution in [0.5, 0.6) is 0 Å². The minimum absolute atomic E-state index is 0.191. The lowest BCUT2D eigenvalue weighted by molar-refractivity contribution is 0.0518. The molecule has 0 N–H and O–H groups in total. The van der Waals surface area contributed by atoms with Crippen LogP contribution in [0.15, 0.2) is 24.3 Å². The number of benzene rings is 1. The van der Waals surface area contributed by atoms with Gasteiger partial charge in [0.05, 0.1) is 12.1 Å². The second-order valence-corrected chi connectivity index (χ2v) is 3.59. The maximum atomic E-state index is 11.4. The summed E-state index contributed by atoms with van der Waals surface area (Å²) < 4.78 is 4.83. The smallest absolute Gasteiger partial charge is 0.358 e. The fourth-order valence-electron chi connectivity index (χ4n) is 1.32. The number of hydrogen-bond donors (Lipinski definition) is 0. The third-order valence-corrected chi connectivity index (χ3v) is 2.27. The van der Waals surface area contributed by atoms with Crippen molar-refractivity contribution >= 4 is 28.5 Å². The van der Waals surface area contributed by atoms with Gasteiger partial charge >= 0.3 is 5.97 Å². The highest BCUT2D eigenvalue weighted by molar-refractivity contribution is 6.31. The molecule has 0 amide bonds. The monoisotopic (exact) mass is 236 g/mol. The number of aromatic nitrogens is 2. The highest BCUT2D eigenvalue weighted by atomic mass is 35.5. The predicted molar refractivity (Wildman–Crippen MR) is 60.5 cm³/mol. The van der Waals surface area contributed by atoms with Crippen LogP contribution in [-0.4, -0.2) is 22.8 Å². The molecule has 0 radical (unpaired) electrons. The third-order valence-electron chi connectivity index (χ3n) is 2.03. The van der Waals surface area contributed by atoms with E-state index in [1.54, 1.807) is 31.2 Å². The predicted octanol–water partition coefficient (Wildman–Crippen LogP) is 2.46. The molecule has 82 valence electrons. The van der Waals surface area contributed by atoms with E-state index < -0.39 is 5.97 Å². The summed E-state index contributed by atoms with van der Waals surface area (Å²) in [7, 11) is 0. The average Bonchev–Trinajstić information content (AvgIpc) is 2.28. The summed E-state index contributed by atoms with van der Waals surface area (Å²) in [5, 5.41) is 9.07. The van der Waals surface area contributed by atoms with Gasteiger partial charge in [0.2, 0.25) is 0 Å². The van der Waals surface area contributed by atoms with Crippen molar-refractivity contribution in [1.82, 2.24) is 10.2 Å². The summed E-state index contributed by atoms with van der Waals surface area (Å²) in [6.07, 6.45) is 0. The molecular weight excluding hydrogens is 228 g/mol. The fraction of sp³-hybridized carbons (Fsp3) is 0.182. The summed E-state index contributed by atoms with van der Waals surface area (Å²) in [5.41, 5.74) is 0.883. The van der Waals surface area contributed by atoms with Crippen LogP contribution in [0.1, 0.15) is 17.4 Å². The van der Waals surface area contributed by atoms with Crippen molar-refractivity contribution in [3.05, 3.63) is 35.0 Å². The van der Waals surface area contributed by atoms with Crippen LogP contribution < -0.4 is 0 Å². The van der Waals surface area contributed by atoms with E-state index >= 15 is 0 Å². The van der Waals surface area contributed by atoms with Crippen molar-refractivity contribution in [3.63, 3.8) is 0 Å². The van der Waals surface area contributed by atoms with Crippen molar-refractivity contribution in [2.24, 2.45) is 0 Å². The van der Waals surface area contributed by atoms with Crippen LogP contribution in [0.2, 0.25) is 5.02 Å². The number of halogens is 1. The molecule has 0 aliphatic heterocycles. The Morgan fingerprint density at radius 1 is 1.38 bits per heavy atom. The van der Waals surface area contributed by atoms with Gasteiger partial charge in [-0.1, -0.05) is 11.6 Å². The Morgan fingerprint density at radius 2 is 2.19 bits per heavy atom. The SMILES string of the molecule is CCOC(=O)c1cc2cc(Cl)ccc2nn1. The van der Waals surface area contributed by atoms with Gasteiger partial charge < -0.3 is 4.74 Å². The quantitative estimate of drug-likeness (QED) is 0.752. The molecular formula is C11H9ClN2O2. The first kappa shape index (κ1) is 10.8. The highest BCUT2D eigenvalue weighted by Gasteiger charge is 2.09. The number of esters is 1. The summed E-state index contributed by atoms with van der Waals surface area (Å²) in [5.74, 6) is -0.475. The van der Waals surface area contributed by atoms with E-state index in [0.717, 1.165) is 5.39 Å². The third kappa shape index (κ3) is 2.12. The lowest BCUT2D eigenvalue weighted by Gasteiger charge is -2.01. The topological polar surface area (TPSA) is 52.1 Å². The molecule has 0 atom stereocenters. The number of hydrogen-bond acceptors (Lipinski definition) is 4. The zero-order chi connectivity index (χ0) is 11.5. The summed E-state index contributed by atoms with van der Waals surface area (Å²) >= 11 is 5.85. The Kier molecular flexibility index (Phi) is 3.01. The largest absolute Gasteiger partial charge is 0.461 e. The van der Waals surface area contributed by atoms with Crippen LogP contribution in [-0.2, 0) is 4.74 Å². The maximum Gasteiger partial charge on any atom is 0.358 e. The first-order valence-corrected chi connectivity index (χ1v) is 5.18. The van der Waals surface area contributed by atoms with Crippen molar-refractivity contribution < 1.29 is 9.53 Å². The molecule has 0 spiro atoms. The number of rotatable bonds is 2. The van der Waals surface area contributed by atoms with Crippen molar-refractivity contribution in [3.8, 4) is 0 Å². The van der Waals surface area contributed by atoms with Gasteiger partial charge in [-0.2, -0.15) is 0 Å². The number of nitrogens with zero attached hydrogens (tertiary/aromatic N) is 2. The molecule has 0 fully saturated rings. The molecule has 0 aliphatic carbocycles. The second-order valence-electron chi connectivity index (χ2n) is 3.15. The Bertz CT molecular complexity index is 542. The molecule has 4 nitrogen and oxygen atoms in total. The van der Waals surface area contributed by atoms with Gasteiger partial charge in [0.1, 0.15) is 0 Å². The van der Waals surface area contributed by atoms with E-state index in [0.29, 0.717) is 17.1 Å². The number of ether oxygens (including phenoxy) is 1. The summed E-state index contributed by atoms with van der Waals surface area (Å²) in [4.78, 5) is 11.4. The van der Waals surface area contributed by atoms with Gasteiger partial charge in [0, 0.05) is 10.4 Å². The maximum absolute atomic E-state index is 11.4. The number of carbonyl (C=O) groups is 1. The fourth-order valence-corrected chi connectivity index (χ4v) is 1.50. The molecule has 2 rings (SSSR count). The molecule has 1 aromatic carbocycles. The zero-order valence-electron chi connectivity index (χ0n) is 8.61. The van der Waals surface area contributed by atoms with Gasteiger partial charge in [-0.3, -0.25) is 0 Å².